The van der Waals surface area contributed by atoms with E-state index >= 15 is 0 Å². The molecule has 0 aromatic rings. The SMILES string of the molecule is CC(C)(C)CCOC(CCl)C(I)CCl. The van der Waals surface area contributed by atoms with E-state index in [-0.39, 0.29) is 6.10 Å². The highest BCUT2D eigenvalue weighted by Crippen LogP contribution is 2.20. The monoisotopic (exact) mass is 352 g/mol. The van der Waals surface area contributed by atoms with E-state index < -0.39 is 0 Å². The van der Waals surface area contributed by atoms with Crippen LogP contribution in [-0.4, -0.2) is 28.4 Å². The van der Waals surface area contributed by atoms with Crippen molar-refractivity contribution in [3.8, 4) is 0 Å². The van der Waals surface area contributed by atoms with E-state index in [9.17, 15) is 0 Å². The first kappa shape index (κ1) is 15.3. The minimum atomic E-state index is 0.0807. The predicted molar refractivity (Wildman–Crippen MR) is 73.1 cm³/mol. The average molecular weight is 353 g/mol. The summed E-state index contributed by atoms with van der Waals surface area (Å²) in [6.07, 6.45) is 1.13. The second kappa shape index (κ2) is 7.53. The Hall–Kier alpha value is 1.27. The lowest BCUT2D eigenvalue weighted by atomic mass is 9.93. The molecule has 86 valence electrons. The number of alkyl halides is 3. The maximum absolute atomic E-state index is 5.80. The van der Waals surface area contributed by atoms with Gasteiger partial charge in [-0.1, -0.05) is 43.4 Å². The lowest BCUT2D eigenvalue weighted by molar-refractivity contribution is 0.0552. The molecular formula is C10H19Cl2IO. The number of hydrogen-bond donors (Lipinski definition) is 0. The van der Waals surface area contributed by atoms with Gasteiger partial charge in [0.1, 0.15) is 0 Å². The van der Waals surface area contributed by atoms with Gasteiger partial charge in [0.15, 0.2) is 0 Å². The molecule has 0 N–H and O–H groups in total. The van der Waals surface area contributed by atoms with Crippen LogP contribution in [0.5, 0.6) is 0 Å². The van der Waals surface area contributed by atoms with Crippen molar-refractivity contribution in [2.45, 2.75) is 37.2 Å². The molecule has 0 spiro atoms. The topological polar surface area (TPSA) is 9.23 Å². The highest BCUT2D eigenvalue weighted by atomic mass is 127. The van der Waals surface area contributed by atoms with Crippen molar-refractivity contribution in [2.24, 2.45) is 5.41 Å². The van der Waals surface area contributed by atoms with Gasteiger partial charge in [-0.2, -0.15) is 0 Å². The van der Waals surface area contributed by atoms with Gasteiger partial charge < -0.3 is 4.74 Å². The minimum absolute atomic E-state index is 0.0807. The maximum Gasteiger partial charge on any atom is 0.0839 e. The molecule has 4 heteroatoms. The van der Waals surface area contributed by atoms with Crippen molar-refractivity contribution in [3.05, 3.63) is 0 Å². The van der Waals surface area contributed by atoms with Crippen LogP contribution in [0.2, 0.25) is 0 Å². The van der Waals surface area contributed by atoms with Crippen LogP contribution in [0.4, 0.5) is 0 Å². The normalized spacial score (nSPS) is 16.7. The van der Waals surface area contributed by atoms with E-state index in [4.69, 9.17) is 27.9 Å². The summed E-state index contributed by atoms with van der Waals surface area (Å²) in [4.78, 5) is 0. The van der Waals surface area contributed by atoms with Crippen LogP contribution in [0.25, 0.3) is 0 Å². The molecule has 0 rings (SSSR count). The molecule has 0 saturated carbocycles. The van der Waals surface area contributed by atoms with Crippen LogP contribution < -0.4 is 0 Å². The molecular weight excluding hydrogens is 334 g/mol. The van der Waals surface area contributed by atoms with Crippen LogP contribution in [0.1, 0.15) is 27.2 Å². The molecule has 0 aliphatic rings. The third kappa shape index (κ3) is 7.55. The van der Waals surface area contributed by atoms with E-state index in [1.807, 2.05) is 0 Å². The van der Waals surface area contributed by atoms with Gasteiger partial charge >= 0.3 is 0 Å². The highest BCUT2D eigenvalue weighted by molar-refractivity contribution is 14.1. The Morgan fingerprint density at radius 1 is 1.21 bits per heavy atom. The highest BCUT2D eigenvalue weighted by Gasteiger charge is 2.18. The molecule has 0 aliphatic heterocycles. The summed E-state index contributed by atoms with van der Waals surface area (Å²) in [5, 5.41) is 0. The standard InChI is InChI=1S/C10H19Cl2IO/c1-10(2,3)4-5-14-9(7-12)8(13)6-11/h8-9H,4-7H2,1-3H3. The zero-order valence-electron chi connectivity index (χ0n) is 9.03. The third-order valence-electron chi connectivity index (χ3n) is 1.89. The Kier molecular flexibility index (Phi) is 8.21. The summed E-state index contributed by atoms with van der Waals surface area (Å²) >= 11 is 13.8. The lowest BCUT2D eigenvalue weighted by Crippen LogP contribution is -2.28. The van der Waals surface area contributed by atoms with Gasteiger partial charge in [0, 0.05) is 18.4 Å². The Bertz CT molecular complexity index is 148. The number of hydrogen-bond acceptors (Lipinski definition) is 1. The third-order valence-corrected chi connectivity index (χ3v) is 4.29. The fraction of sp³-hybridized carbons (Fsp3) is 1.00. The summed E-state index contributed by atoms with van der Waals surface area (Å²) in [7, 11) is 0. The molecule has 14 heavy (non-hydrogen) atoms. The van der Waals surface area contributed by atoms with Crippen molar-refractivity contribution < 1.29 is 4.74 Å². The molecule has 0 aliphatic carbocycles. The maximum atomic E-state index is 5.80. The first-order chi connectivity index (χ1) is 6.40. The van der Waals surface area contributed by atoms with E-state index in [1.165, 1.54) is 0 Å². The van der Waals surface area contributed by atoms with E-state index in [2.05, 4.69) is 43.4 Å². The predicted octanol–water partition coefficient (Wildman–Crippen LogP) is 4.09. The summed E-state index contributed by atoms with van der Waals surface area (Å²) < 4.78 is 5.99. The quantitative estimate of drug-likeness (QED) is 0.516. The summed E-state index contributed by atoms with van der Waals surface area (Å²) in [5.41, 5.74) is 0.318. The zero-order chi connectivity index (χ0) is 11.2. The zero-order valence-corrected chi connectivity index (χ0v) is 12.7. The Morgan fingerprint density at radius 2 is 1.79 bits per heavy atom. The van der Waals surface area contributed by atoms with Crippen LogP contribution in [0.15, 0.2) is 0 Å². The largest absolute Gasteiger partial charge is 0.376 e. The number of rotatable bonds is 6. The molecule has 0 aromatic carbocycles. The fourth-order valence-electron chi connectivity index (χ4n) is 0.861. The Morgan fingerprint density at radius 3 is 2.14 bits per heavy atom. The van der Waals surface area contributed by atoms with Crippen molar-refractivity contribution in [2.75, 3.05) is 18.4 Å². The van der Waals surface area contributed by atoms with Crippen molar-refractivity contribution >= 4 is 45.8 Å². The minimum Gasteiger partial charge on any atom is -0.376 e. The van der Waals surface area contributed by atoms with Crippen molar-refractivity contribution in [1.82, 2.24) is 0 Å². The molecule has 0 aromatic heterocycles. The summed E-state index contributed by atoms with van der Waals surface area (Å²) in [5.74, 6) is 1.11. The molecule has 2 atom stereocenters. The summed E-state index contributed by atoms with van der Waals surface area (Å²) in [6.45, 7) is 7.37. The molecule has 1 nitrogen and oxygen atoms in total. The van der Waals surface area contributed by atoms with Crippen molar-refractivity contribution in [1.29, 1.82) is 0 Å². The molecule has 0 amide bonds. The van der Waals surface area contributed by atoms with Crippen LogP contribution >= 0.6 is 45.8 Å². The smallest absolute Gasteiger partial charge is 0.0839 e. The molecule has 0 fully saturated rings. The number of ether oxygens (including phenoxy) is 1. The van der Waals surface area contributed by atoms with Crippen molar-refractivity contribution in [3.63, 3.8) is 0 Å². The van der Waals surface area contributed by atoms with Gasteiger partial charge in [0.2, 0.25) is 0 Å². The second-order valence-electron chi connectivity index (χ2n) is 4.54. The molecule has 0 radical (unpaired) electrons. The van der Waals surface area contributed by atoms with Gasteiger partial charge in [-0.15, -0.1) is 23.2 Å². The van der Waals surface area contributed by atoms with Crippen LogP contribution in [0.3, 0.4) is 0 Å². The first-order valence-corrected chi connectivity index (χ1v) is 7.10. The first-order valence-electron chi connectivity index (χ1n) is 4.78. The lowest BCUT2D eigenvalue weighted by Gasteiger charge is -2.23. The molecule has 0 saturated heterocycles. The van der Waals surface area contributed by atoms with Gasteiger partial charge in [0.25, 0.3) is 0 Å². The van der Waals surface area contributed by atoms with Gasteiger partial charge in [-0.3, -0.25) is 0 Å². The number of halogens is 3. The molecule has 0 bridgehead atoms. The van der Waals surface area contributed by atoms with Gasteiger partial charge in [-0.05, 0) is 11.8 Å². The fourth-order valence-corrected chi connectivity index (χ4v) is 2.13. The molecule has 2 unspecified atom stereocenters. The van der Waals surface area contributed by atoms with Gasteiger partial charge in [0.05, 0.1) is 10.0 Å². The van der Waals surface area contributed by atoms with Gasteiger partial charge in [-0.25, -0.2) is 0 Å². The van der Waals surface area contributed by atoms with E-state index in [1.54, 1.807) is 0 Å². The van der Waals surface area contributed by atoms with Crippen LogP contribution in [-0.2, 0) is 4.74 Å². The Labute approximate surface area is 111 Å². The second-order valence-corrected chi connectivity index (χ2v) is 6.76. The molecule has 0 heterocycles. The Balaban J connectivity index is 3.74. The van der Waals surface area contributed by atoms with E-state index in [0.717, 1.165) is 13.0 Å². The average Bonchev–Trinajstić information content (AvgIpc) is 2.09. The summed E-state index contributed by atoms with van der Waals surface area (Å²) in [6, 6.07) is 0. The van der Waals surface area contributed by atoms with Crippen LogP contribution in [0, 0.1) is 5.41 Å². The van der Waals surface area contributed by atoms with E-state index in [0.29, 0.717) is 21.1 Å².